The molecular formula is C51H39N. The van der Waals surface area contributed by atoms with E-state index in [1.807, 2.05) is 0 Å². The van der Waals surface area contributed by atoms with Crippen molar-refractivity contribution in [3.05, 3.63) is 211 Å². The first-order valence-corrected chi connectivity index (χ1v) is 18.1. The van der Waals surface area contributed by atoms with Crippen LogP contribution in [-0.2, 0) is 5.41 Å². The second-order valence-electron chi connectivity index (χ2n) is 14.1. The summed E-state index contributed by atoms with van der Waals surface area (Å²) in [5.74, 6) is 0. The predicted octanol–water partition coefficient (Wildman–Crippen LogP) is 14.1. The van der Waals surface area contributed by atoms with Gasteiger partial charge in [-0.25, -0.2) is 0 Å². The molecule has 0 saturated carbocycles. The van der Waals surface area contributed by atoms with Crippen molar-refractivity contribution in [2.45, 2.75) is 19.3 Å². The molecule has 0 N–H and O–H groups in total. The van der Waals surface area contributed by atoms with E-state index in [2.05, 4.69) is 219 Å². The Hall–Kier alpha value is -6.44. The Labute approximate surface area is 307 Å². The fourth-order valence-electron chi connectivity index (χ4n) is 8.28. The Kier molecular flexibility index (Phi) is 7.90. The number of anilines is 3. The summed E-state index contributed by atoms with van der Waals surface area (Å²) in [6.07, 6.45) is 0. The van der Waals surface area contributed by atoms with Crippen molar-refractivity contribution in [2.24, 2.45) is 0 Å². The number of benzene rings is 8. The van der Waals surface area contributed by atoms with Crippen molar-refractivity contribution < 1.29 is 0 Å². The molecule has 1 aliphatic carbocycles. The standard InChI is InChI=1S/C51H39N/c1-51(2)44-31-16-14-29-43(44)50-45(51)32-19-35-48(50)52(46-33-17-15-27-40(46)37-22-8-4-9-23-37)47-34-18-30-41(38-24-10-5-11-25-38)49(47)42-28-13-12-26-39(42)36-20-6-3-7-21-36/h3-35H,1-2H3. The zero-order chi connectivity index (χ0) is 35.1. The molecule has 8 aromatic carbocycles. The molecule has 9 rings (SSSR count). The van der Waals surface area contributed by atoms with Gasteiger partial charge in [0.25, 0.3) is 0 Å². The van der Waals surface area contributed by atoms with Crippen molar-refractivity contribution in [1.29, 1.82) is 0 Å². The van der Waals surface area contributed by atoms with E-state index >= 15 is 0 Å². The van der Waals surface area contributed by atoms with E-state index in [9.17, 15) is 0 Å². The third-order valence-electron chi connectivity index (χ3n) is 10.7. The van der Waals surface area contributed by atoms with Gasteiger partial charge < -0.3 is 4.90 Å². The van der Waals surface area contributed by atoms with Crippen LogP contribution in [0.1, 0.15) is 25.0 Å². The third-order valence-corrected chi connectivity index (χ3v) is 10.7. The van der Waals surface area contributed by atoms with E-state index in [1.54, 1.807) is 0 Å². The van der Waals surface area contributed by atoms with Gasteiger partial charge in [0.1, 0.15) is 0 Å². The minimum atomic E-state index is -0.138. The maximum atomic E-state index is 2.54. The highest BCUT2D eigenvalue weighted by Crippen LogP contribution is 2.56. The quantitative estimate of drug-likeness (QED) is 0.164. The summed E-state index contributed by atoms with van der Waals surface area (Å²) in [5, 5.41) is 0. The number of nitrogens with zero attached hydrogens (tertiary/aromatic N) is 1. The molecule has 0 spiro atoms. The summed E-state index contributed by atoms with van der Waals surface area (Å²) in [7, 11) is 0. The highest BCUT2D eigenvalue weighted by Gasteiger charge is 2.38. The topological polar surface area (TPSA) is 3.24 Å². The van der Waals surface area contributed by atoms with Gasteiger partial charge in [-0.1, -0.05) is 196 Å². The molecule has 0 heterocycles. The number of para-hydroxylation sites is 1. The molecule has 0 bridgehead atoms. The van der Waals surface area contributed by atoms with Crippen LogP contribution in [0.3, 0.4) is 0 Å². The lowest BCUT2D eigenvalue weighted by Gasteiger charge is -2.33. The molecule has 1 aliphatic rings. The smallest absolute Gasteiger partial charge is 0.0547 e. The zero-order valence-corrected chi connectivity index (χ0v) is 29.5. The van der Waals surface area contributed by atoms with Crippen LogP contribution in [0.15, 0.2) is 200 Å². The Morgan fingerprint density at radius 2 is 0.692 bits per heavy atom. The molecule has 0 atom stereocenters. The maximum Gasteiger partial charge on any atom is 0.0547 e. The zero-order valence-electron chi connectivity index (χ0n) is 29.5. The van der Waals surface area contributed by atoms with Gasteiger partial charge in [-0.15, -0.1) is 0 Å². The third kappa shape index (κ3) is 5.25. The molecule has 0 saturated heterocycles. The van der Waals surface area contributed by atoms with Gasteiger partial charge in [0.05, 0.1) is 17.1 Å². The highest BCUT2D eigenvalue weighted by molar-refractivity contribution is 6.05. The van der Waals surface area contributed by atoms with Gasteiger partial charge in [0, 0.05) is 22.1 Å². The summed E-state index contributed by atoms with van der Waals surface area (Å²) in [5.41, 5.74) is 18.1. The Bertz CT molecular complexity index is 2530. The van der Waals surface area contributed by atoms with Crippen LogP contribution in [0.25, 0.3) is 55.6 Å². The van der Waals surface area contributed by atoms with Crippen LogP contribution in [0.4, 0.5) is 17.1 Å². The molecule has 8 aromatic rings. The second kappa shape index (κ2) is 13.0. The molecule has 0 radical (unpaired) electrons. The normalized spacial score (nSPS) is 12.6. The Morgan fingerprint density at radius 1 is 0.288 bits per heavy atom. The van der Waals surface area contributed by atoms with Gasteiger partial charge in [-0.2, -0.15) is 0 Å². The molecule has 0 unspecified atom stereocenters. The number of rotatable bonds is 7. The van der Waals surface area contributed by atoms with Crippen molar-refractivity contribution in [2.75, 3.05) is 4.90 Å². The van der Waals surface area contributed by atoms with Gasteiger partial charge in [-0.05, 0) is 68.3 Å². The fraction of sp³-hybridized carbons (Fsp3) is 0.0588. The maximum absolute atomic E-state index is 2.54. The van der Waals surface area contributed by atoms with Crippen LogP contribution in [-0.4, -0.2) is 0 Å². The summed E-state index contributed by atoms with van der Waals surface area (Å²) < 4.78 is 0. The lowest BCUT2D eigenvalue weighted by molar-refractivity contribution is 0.660. The van der Waals surface area contributed by atoms with Gasteiger partial charge in [0.2, 0.25) is 0 Å². The van der Waals surface area contributed by atoms with Crippen LogP contribution in [0.5, 0.6) is 0 Å². The number of hydrogen-bond acceptors (Lipinski definition) is 1. The van der Waals surface area contributed by atoms with E-state index in [0.717, 1.165) is 11.4 Å². The molecule has 0 aliphatic heterocycles. The summed E-state index contributed by atoms with van der Waals surface area (Å²) in [6.45, 7) is 4.72. The monoisotopic (exact) mass is 665 g/mol. The first kappa shape index (κ1) is 31.5. The first-order valence-electron chi connectivity index (χ1n) is 18.1. The summed E-state index contributed by atoms with van der Waals surface area (Å²) >= 11 is 0. The average Bonchev–Trinajstić information content (AvgIpc) is 3.45. The average molecular weight is 666 g/mol. The van der Waals surface area contributed by atoms with E-state index < -0.39 is 0 Å². The summed E-state index contributed by atoms with van der Waals surface area (Å²) in [6, 6.07) is 72.9. The molecule has 0 aromatic heterocycles. The van der Waals surface area contributed by atoms with Crippen LogP contribution in [0.2, 0.25) is 0 Å². The van der Waals surface area contributed by atoms with Gasteiger partial charge >= 0.3 is 0 Å². The predicted molar refractivity (Wildman–Crippen MR) is 220 cm³/mol. The van der Waals surface area contributed by atoms with Gasteiger partial charge in [0.15, 0.2) is 0 Å². The molecule has 1 heteroatoms. The summed E-state index contributed by atoms with van der Waals surface area (Å²) in [4.78, 5) is 2.54. The SMILES string of the molecule is CC1(C)c2ccccc2-c2c(N(c3ccccc3-c3ccccc3)c3cccc(-c4ccccc4)c3-c3ccccc3-c3ccccc3)cccc21. The molecule has 248 valence electrons. The molecule has 0 fully saturated rings. The van der Waals surface area contributed by atoms with Crippen LogP contribution in [0, 0.1) is 0 Å². The Morgan fingerprint density at radius 3 is 1.35 bits per heavy atom. The van der Waals surface area contributed by atoms with E-state index in [-0.39, 0.29) is 5.41 Å². The van der Waals surface area contributed by atoms with Crippen molar-refractivity contribution >= 4 is 17.1 Å². The van der Waals surface area contributed by atoms with Gasteiger partial charge in [-0.3, -0.25) is 0 Å². The van der Waals surface area contributed by atoms with Crippen molar-refractivity contribution in [1.82, 2.24) is 0 Å². The Balaban J connectivity index is 1.42. The van der Waals surface area contributed by atoms with Crippen molar-refractivity contribution in [3.63, 3.8) is 0 Å². The molecule has 52 heavy (non-hydrogen) atoms. The van der Waals surface area contributed by atoms with Crippen molar-refractivity contribution in [3.8, 4) is 55.6 Å². The molecule has 0 amide bonds. The highest BCUT2D eigenvalue weighted by atomic mass is 15.2. The van der Waals surface area contributed by atoms with E-state index in [1.165, 1.54) is 72.4 Å². The van der Waals surface area contributed by atoms with E-state index in [4.69, 9.17) is 0 Å². The minimum Gasteiger partial charge on any atom is -0.309 e. The fourth-order valence-corrected chi connectivity index (χ4v) is 8.28. The van der Waals surface area contributed by atoms with Crippen LogP contribution < -0.4 is 4.90 Å². The largest absolute Gasteiger partial charge is 0.309 e. The van der Waals surface area contributed by atoms with Crippen LogP contribution >= 0.6 is 0 Å². The lowest BCUT2D eigenvalue weighted by Crippen LogP contribution is -2.16. The second-order valence-corrected chi connectivity index (χ2v) is 14.1. The number of fused-ring (bicyclic) bond motifs is 3. The lowest BCUT2D eigenvalue weighted by atomic mass is 9.82. The number of hydrogen-bond donors (Lipinski definition) is 0. The minimum absolute atomic E-state index is 0.138. The first-order chi connectivity index (χ1) is 25.6. The molecule has 1 nitrogen and oxygen atoms in total. The molecular weight excluding hydrogens is 627 g/mol. The van der Waals surface area contributed by atoms with E-state index in [0.29, 0.717) is 0 Å².